The average molecular weight is 497 g/mol. The Labute approximate surface area is 199 Å². The second kappa shape index (κ2) is 8.58. The molecular formula is C22H18F2N8O2S. The van der Waals surface area contributed by atoms with Crippen molar-refractivity contribution >= 4 is 44.4 Å². The lowest BCUT2D eigenvalue weighted by Crippen LogP contribution is -2.04. The summed E-state index contributed by atoms with van der Waals surface area (Å²) in [7, 11) is 0.251. The fourth-order valence-electron chi connectivity index (χ4n) is 3.64. The molecule has 1 unspecified atom stereocenters. The number of nitrogens with zero attached hydrogens (tertiary/aromatic N) is 7. The zero-order valence-corrected chi connectivity index (χ0v) is 19.8. The molecule has 3 heterocycles. The Morgan fingerprint density at radius 1 is 1.03 bits per heavy atom. The summed E-state index contributed by atoms with van der Waals surface area (Å²) in [4.78, 5) is 16.5. The van der Waals surface area contributed by atoms with Crippen molar-refractivity contribution in [2.75, 3.05) is 11.6 Å². The van der Waals surface area contributed by atoms with Crippen molar-refractivity contribution in [3.8, 4) is 11.5 Å². The first kappa shape index (κ1) is 22.7. The Bertz CT molecular complexity index is 1660. The number of hydrogen-bond donors (Lipinski definition) is 1. The van der Waals surface area contributed by atoms with E-state index in [2.05, 4.69) is 35.6 Å². The van der Waals surface area contributed by atoms with Crippen LogP contribution >= 0.6 is 0 Å². The van der Waals surface area contributed by atoms with Crippen LogP contribution in [0.25, 0.3) is 22.1 Å². The van der Waals surface area contributed by atoms with Gasteiger partial charge in [-0.25, -0.2) is 33.4 Å². The van der Waals surface area contributed by atoms with Gasteiger partial charge in [0.1, 0.15) is 28.6 Å². The van der Waals surface area contributed by atoms with Crippen molar-refractivity contribution in [2.24, 2.45) is 7.05 Å². The Balaban J connectivity index is 1.50. The molecule has 0 radical (unpaired) electrons. The molecule has 0 aliphatic rings. The molecule has 10 nitrogen and oxygen atoms in total. The van der Waals surface area contributed by atoms with Gasteiger partial charge in [-0.15, -0.1) is 5.10 Å². The highest BCUT2D eigenvalue weighted by atomic mass is 32.2. The number of hydrogen-bond acceptors (Lipinski definition) is 9. The van der Waals surface area contributed by atoms with Crippen LogP contribution in [0, 0.1) is 25.5 Å². The zero-order valence-electron chi connectivity index (χ0n) is 19.0. The molecule has 0 spiro atoms. The van der Waals surface area contributed by atoms with Gasteiger partial charge in [-0.2, -0.15) is 0 Å². The van der Waals surface area contributed by atoms with Gasteiger partial charge in [-0.3, -0.25) is 4.21 Å². The van der Waals surface area contributed by atoms with Gasteiger partial charge in [0.05, 0.1) is 28.2 Å². The molecular weight excluding hydrogens is 478 g/mol. The number of anilines is 2. The van der Waals surface area contributed by atoms with Gasteiger partial charge in [0, 0.05) is 30.5 Å². The van der Waals surface area contributed by atoms with E-state index in [0.717, 1.165) is 0 Å². The van der Waals surface area contributed by atoms with Gasteiger partial charge in [0.2, 0.25) is 5.16 Å². The molecule has 1 atom stereocenters. The number of aryl methyl sites for hydroxylation is 2. The molecule has 0 aliphatic carbocycles. The maximum absolute atomic E-state index is 15.3. The summed E-state index contributed by atoms with van der Waals surface area (Å²) < 4.78 is 49.3. The Morgan fingerprint density at radius 2 is 1.83 bits per heavy atom. The number of nitrogens with one attached hydrogen (secondary N) is 1. The summed E-state index contributed by atoms with van der Waals surface area (Å²) in [5, 5.41) is 10.9. The molecule has 1 N–H and O–H groups in total. The van der Waals surface area contributed by atoms with E-state index in [9.17, 15) is 8.60 Å². The highest BCUT2D eigenvalue weighted by Crippen LogP contribution is 2.35. The van der Waals surface area contributed by atoms with Crippen LogP contribution in [0.1, 0.15) is 11.1 Å². The van der Waals surface area contributed by atoms with Crippen LogP contribution in [-0.4, -0.2) is 45.4 Å². The molecule has 0 amide bonds. The van der Waals surface area contributed by atoms with Crippen molar-refractivity contribution < 1.29 is 17.7 Å². The molecule has 5 rings (SSSR count). The normalized spacial score (nSPS) is 12.3. The molecule has 0 aliphatic heterocycles. The second-order valence-corrected chi connectivity index (χ2v) is 9.01. The third kappa shape index (κ3) is 3.93. The van der Waals surface area contributed by atoms with Crippen molar-refractivity contribution in [3.05, 3.63) is 53.5 Å². The second-order valence-electron chi connectivity index (χ2n) is 7.73. The van der Waals surface area contributed by atoms with Crippen LogP contribution in [0.15, 0.2) is 35.9 Å². The highest BCUT2D eigenvalue weighted by molar-refractivity contribution is 7.84. The smallest absolute Gasteiger partial charge is 0.218 e. The number of ether oxygens (including phenoxy) is 1. The number of halogens is 2. The lowest BCUT2D eigenvalue weighted by Gasteiger charge is -2.15. The van der Waals surface area contributed by atoms with E-state index >= 15 is 4.39 Å². The quantitative estimate of drug-likeness (QED) is 0.362. The first-order valence-electron chi connectivity index (χ1n) is 10.3. The summed E-state index contributed by atoms with van der Waals surface area (Å²) in [5.41, 5.74) is 2.27. The molecule has 178 valence electrons. The highest BCUT2D eigenvalue weighted by Gasteiger charge is 2.19. The fraction of sp³-hybridized carbons (Fsp3) is 0.182. The third-order valence-corrected chi connectivity index (χ3v) is 6.15. The molecule has 0 bridgehead atoms. The number of rotatable bonds is 5. The van der Waals surface area contributed by atoms with Crippen molar-refractivity contribution in [1.82, 2.24) is 34.9 Å². The number of benzene rings is 2. The van der Waals surface area contributed by atoms with E-state index in [-0.39, 0.29) is 33.7 Å². The summed E-state index contributed by atoms with van der Waals surface area (Å²) in [6.07, 6.45) is 4.16. The minimum atomic E-state index is -1.42. The van der Waals surface area contributed by atoms with E-state index in [1.807, 2.05) is 0 Å². The topological polar surface area (TPSA) is 121 Å². The lowest BCUT2D eigenvalue weighted by atomic mass is 10.1. The maximum Gasteiger partial charge on any atom is 0.218 e. The van der Waals surface area contributed by atoms with Gasteiger partial charge in [0.15, 0.2) is 23.2 Å². The minimum Gasteiger partial charge on any atom is -0.454 e. The molecule has 0 fully saturated rings. The number of aromatic nitrogens is 7. The van der Waals surface area contributed by atoms with E-state index < -0.39 is 22.4 Å². The predicted octanol–water partition coefficient (Wildman–Crippen LogP) is 3.87. The molecule has 0 saturated carbocycles. The molecule has 0 saturated heterocycles. The van der Waals surface area contributed by atoms with Crippen LogP contribution in [0.4, 0.5) is 20.3 Å². The van der Waals surface area contributed by atoms with Crippen LogP contribution in [0.5, 0.6) is 11.5 Å². The zero-order chi connectivity index (χ0) is 24.9. The van der Waals surface area contributed by atoms with Gasteiger partial charge < -0.3 is 10.1 Å². The van der Waals surface area contributed by atoms with E-state index in [4.69, 9.17) is 4.74 Å². The molecule has 3 aromatic heterocycles. The summed E-state index contributed by atoms with van der Waals surface area (Å²) in [6, 6.07) is 4.38. The molecule has 2 aromatic carbocycles. The van der Waals surface area contributed by atoms with E-state index in [1.54, 1.807) is 14.0 Å². The van der Waals surface area contributed by atoms with Crippen molar-refractivity contribution in [2.45, 2.75) is 19.0 Å². The largest absolute Gasteiger partial charge is 0.454 e. The molecule has 13 heteroatoms. The third-order valence-electron chi connectivity index (χ3n) is 5.44. The van der Waals surface area contributed by atoms with Gasteiger partial charge in [-0.05, 0) is 26.0 Å². The van der Waals surface area contributed by atoms with Crippen LogP contribution in [0.2, 0.25) is 0 Å². The van der Waals surface area contributed by atoms with Gasteiger partial charge in [-0.1, -0.05) is 5.21 Å². The molecule has 5 aromatic rings. The lowest BCUT2D eigenvalue weighted by molar-refractivity contribution is 0.434. The monoisotopic (exact) mass is 496 g/mol. The first-order chi connectivity index (χ1) is 16.7. The van der Waals surface area contributed by atoms with Crippen molar-refractivity contribution in [3.63, 3.8) is 0 Å². The standard InChI is InChI=1S/C22H18F2N8O2S/c1-10-15(34-16-7-13-20(11(2)18(16)24)32(3)31-30-13)6-5-12(17(10)23)28-21-19-14(26-9-27-21)8-25-22(29-19)35(4)33/h5-9H,1-4H3,(H,26,27,28). The van der Waals surface area contributed by atoms with Crippen molar-refractivity contribution in [1.29, 1.82) is 0 Å². The van der Waals surface area contributed by atoms with E-state index in [0.29, 0.717) is 27.6 Å². The Morgan fingerprint density at radius 3 is 2.60 bits per heavy atom. The average Bonchev–Trinajstić information content (AvgIpc) is 3.22. The SMILES string of the molecule is Cc1c(Oc2cc3nnn(C)c3c(C)c2F)ccc(Nc2ncnc3cnc(S(C)=O)nc23)c1F. The Hall–Kier alpha value is -4.13. The first-order valence-corrected chi connectivity index (χ1v) is 11.8. The van der Waals surface area contributed by atoms with E-state index in [1.165, 1.54) is 48.6 Å². The van der Waals surface area contributed by atoms with Crippen LogP contribution < -0.4 is 10.1 Å². The summed E-state index contributed by atoms with van der Waals surface area (Å²) in [5.74, 6) is -0.947. The van der Waals surface area contributed by atoms with Gasteiger partial charge in [0.25, 0.3) is 0 Å². The Kier molecular flexibility index (Phi) is 5.55. The summed E-state index contributed by atoms with van der Waals surface area (Å²) in [6.45, 7) is 3.11. The van der Waals surface area contributed by atoms with Gasteiger partial charge >= 0.3 is 0 Å². The summed E-state index contributed by atoms with van der Waals surface area (Å²) >= 11 is 0. The molecule has 35 heavy (non-hydrogen) atoms. The van der Waals surface area contributed by atoms with Crippen LogP contribution in [-0.2, 0) is 17.8 Å². The number of fused-ring (bicyclic) bond motifs is 2. The van der Waals surface area contributed by atoms with Crippen LogP contribution in [0.3, 0.4) is 0 Å². The maximum atomic E-state index is 15.3. The minimum absolute atomic E-state index is 0.0858. The predicted molar refractivity (Wildman–Crippen MR) is 125 cm³/mol. The fourth-order valence-corrected chi connectivity index (χ4v) is 4.07.